The maximum absolute atomic E-state index is 12.3. The Morgan fingerprint density at radius 1 is 0.677 bits per heavy atom. The van der Waals surface area contributed by atoms with Crippen molar-refractivity contribution in [2.45, 2.75) is 148 Å². The van der Waals surface area contributed by atoms with Crippen LogP contribution in [0.15, 0.2) is 0 Å². The van der Waals surface area contributed by atoms with E-state index in [1.165, 1.54) is 89.9 Å². The summed E-state index contributed by atoms with van der Waals surface area (Å²) in [7, 11) is -3.98. The lowest BCUT2D eigenvalue weighted by Crippen LogP contribution is -2.17. The molecule has 0 heterocycles. The Kier molecular flexibility index (Phi) is 23.3. The molecular formula is C25H54NO4P. The fourth-order valence-electron chi connectivity index (χ4n) is 3.93. The summed E-state index contributed by atoms with van der Waals surface area (Å²) in [5.74, 6) is 0. The number of nitrogens with two attached hydrogens (primary N) is 1. The molecule has 0 aromatic heterocycles. The average Bonchev–Trinajstić information content (AvgIpc) is 2.73. The predicted molar refractivity (Wildman–Crippen MR) is 133 cm³/mol. The Balaban J connectivity index is 3.73. The van der Waals surface area contributed by atoms with Crippen molar-refractivity contribution in [2.75, 3.05) is 13.2 Å². The molecule has 188 valence electrons. The zero-order chi connectivity index (χ0) is 23.0. The topological polar surface area (TPSA) is 81.8 Å². The summed E-state index contributed by atoms with van der Waals surface area (Å²) >= 11 is 0. The second-order valence-corrected chi connectivity index (χ2v) is 10.5. The zero-order valence-corrected chi connectivity index (χ0v) is 21.7. The van der Waals surface area contributed by atoms with Crippen molar-refractivity contribution >= 4 is 7.82 Å². The summed E-state index contributed by atoms with van der Waals surface area (Å²) in [6.07, 6.45) is 23.3. The smallest absolute Gasteiger partial charge is 0.330 e. The van der Waals surface area contributed by atoms with E-state index in [1.807, 2.05) is 0 Å². The Hall–Kier alpha value is 0.0700. The van der Waals surface area contributed by atoms with E-state index in [0.29, 0.717) is 13.0 Å². The van der Waals surface area contributed by atoms with Gasteiger partial charge in [-0.3, -0.25) is 9.05 Å². The molecule has 5 nitrogen and oxygen atoms in total. The van der Waals surface area contributed by atoms with Crippen molar-refractivity contribution in [3.05, 3.63) is 0 Å². The second-order valence-electron chi connectivity index (χ2n) is 9.05. The van der Waals surface area contributed by atoms with Crippen molar-refractivity contribution in [1.82, 2.24) is 0 Å². The SMILES string of the molecule is CCCCCCCCCCCCCOP(=O)(O)OC(CCN)CCCCCCCCC. The summed E-state index contributed by atoms with van der Waals surface area (Å²) in [5.41, 5.74) is 5.66. The maximum atomic E-state index is 12.3. The lowest BCUT2D eigenvalue weighted by molar-refractivity contribution is 0.0929. The molecule has 2 unspecified atom stereocenters. The summed E-state index contributed by atoms with van der Waals surface area (Å²) in [4.78, 5) is 10.0. The van der Waals surface area contributed by atoms with Gasteiger partial charge in [-0.1, -0.05) is 123 Å². The van der Waals surface area contributed by atoms with E-state index in [0.717, 1.165) is 32.1 Å². The summed E-state index contributed by atoms with van der Waals surface area (Å²) in [6, 6.07) is 0. The van der Waals surface area contributed by atoms with Gasteiger partial charge in [0.05, 0.1) is 12.7 Å². The van der Waals surface area contributed by atoms with Gasteiger partial charge in [-0.15, -0.1) is 0 Å². The molecule has 6 heteroatoms. The standard InChI is InChI=1S/C25H54NO4P/c1-3-5-7-9-11-12-13-14-16-18-20-24-29-31(27,28)30-25(22-23-26)21-19-17-15-10-8-6-4-2/h25H,3-24,26H2,1-2H3,(H,27,28). The molecule has 0 bridgehead atoms. The number of hydrogen-bond donors (Lipinski definition) is 2. The number of unbranched alkanes of at least 4 members (excludes halogenated alkanes) is 16. The van der Waals surface area contributed by atoms with Gasteiger partial charge >= 0.3 is 7.82 Å². The molecule has 0 aliphatic rings. The van der Waals surface area contributed by atoms with Crippen LogP contribution in [0.25, 0.3) is 0 Å². The molecule has 0 amide bonds. The number of rotatable bonds is 25. The lowest BCUT2D eigenvalue weighted by atomic mass is 10.1. The third kappa shape index (κ3) is 23.0. The van der Waals surface area contributed by atoms with Crippen molar-refractivity contribution < 1.29 is 18.5 Å². The minimum Gasteiger partial charge on any atom is -0.330 e. The highest BCUT2D eigenvalue weighted by Crippen LogP contribution is 2.45. The Morgan fingerprint density at radius 2 is 1.10 bits per heavy atom. The third-order valence-corrected chi connectivity index (χ3v) is 6.98. The molecule has 0 fully saturated rings. The fraction of sp³-hybridized carbons (Fsp3) is 1.00. The van der Waals surface area contributed by atoms with Crippen LogP contribution in [0.1, 0.15) is 142 Å². The average molecular weight is 464 g/mol. The van der Waals surface area contributed by atoms with Crippen molar-refractivity contribution in [1.29, 1.82) is 0 Å². The van der Waals surface area contributed by atoms with E-state index in [1.54, 1.807) is 0 Å². The van der Waals surface area contributed by atoms with Gasteiger partial charge in [-0.25, -0.2) is 4.57 Å². The molecule has 0 aliphatic carbocycles. The van der Waals surface area contributed by atoms with E-state index in [9.17, 15) is 9.46 Å². The first-order valence-corrected chi connectivity index (χ1v) is 14.9. The highest BCUT2D eigenvalue weighted by Gasteiger charge is 2.25. The van der Waals surface area contributed by atoms with Crippen LogP contribution in [0.5, 0.6) is 0 Å². The maximum Gasteiger partial charge on any atom is 0.472 e. The largest absolute Gasteiger partial charge is 0.472 e. The van der Waals surface area contributed by atoms with Gasteiger partial charge in [-0.05, 0) is 25.8 Å². The molecule has 0 saturated carbocycles. The number of phosphoric acid groups is 1. The third-order valence-electron chi connectivity index (χ3n) is 5.90. The van der Waals surface area contributed by atoms with E-state index in [-0.39, 0.29) is 12.7 Å². The Morgan fingerprint density at radius 3 is 1.55 bits per heavy atom. The normalized spacial score (nSPS) is 14.6. The van der Waals surface area contributed by atoms with Gasteiger partial charge in [0, 0.05) is 0 Å². The highest BCUT2D eigenvalue weighted by molar-refractivity contribution is 7.47. The highest BCUT2D eigenvalue weighted by atomic mass is 31.2. The molecule has 31 heavy (non-hydrogen) atoms. The molecule has 3 N–H and O–H groups in total. The van der Waals surface area contributed by atoms with Crippen LogP contribution < -0.4 is 5.73 Å². The Labute approximate surface area is 193 Å². The summed E-state index contributed by atoms with van der Waals surface area (Å²) in [5, 5.41) is 0. The summed E-state index contributed by atoms with van der Waals surface area (Å²) in [6.45, 7) is 5.22. The lowest BCUT2D eigenvalue weighted by Gasteiger charge is -2.20. The van der Waals surface area contributed by atoms with E-state index in [2.05, 4.69) is 13.8 Å². The minimum atomic E-state index is -3.98. The van der Waals surface area contributed by atoms with Gasteiger partial charge in [0.15, 0.2) is 0 Å². The molecule has 2 atom stereocenters. The number of hydrogen-bond acceptors (Lipinski definition) is 4. The van der Waals surface area contributed by atoms with Crippen LogP contribution >= 0.6 is 7.82 Å². The second kappa shape index (κ2) is 23.2. The van der Waals surface area contributed by atoms with E-state index in [4.69, 9.17) is 14.8 Å². The first-order valence-electron chi connectivity index (χ1n) is 13.4. The molecule has 0 rings (SSSR count). The van der Waals surface area contributed by atoms with Crippen molar-refractivity contribution in [3.63, 3.8) is 0 Å². The molecule has 0 aromatic carbocycles. The number of phosphoric ester groups is 1. The zero-order valence-electron chi connectivity index (χ0n) is 20.8. The van der Waals surface area contributed by atoms with E-state index >= 15 is 0 Å². The van der Waals surface area contributed by atoms with Crippen LogP contribution in [0.2, 0.25) is 0 Å². The Bertz CT molecular complexity index is 409. The quantitative estimate of drug-likeness (QED) is 0.105. The van der Waals surface area contributed by atoms with Crippen molar-refractivity contribution in [3.8, 4) is 0 Å². The first kappa shape index (κ1) is 31.1. The van der Waals surface area contributed by atoms with Crippen LogP contribution in [-0.4, -0.2) is 24.1 Å². The van der Waals surface area contributed by atoms with Crippen LogP contribution in [0.3, 0.4) is 0 Å². The van der Waals surface area contributed by atoms with Gasteiger partial charge in [0.1, 0.15) is 0 Å². The van der Waals surface area contributed by atoms with Crippen LogP contribution in [-0.2, 0) is 13.6 Å². The molecule has 0 radical (unpaired) electrons. The monoisotopic (exact) mass is 463 g/mol. The van der Waals surface area contributed by atoms with Gasteiger partial charge < -0.3 is 10.6 Å². The molecule has 0 saturated heterocycles. The van der Waals surface area contributed by atoms with Gasteiger partial charge in [-0.2, -0.15) is 0 Å². The van der Waals surface area contributed by atoms with Gasteiger partial charge in [0.2, 0.25) is 0 Å². The predicted octanol–water partition coefficient (Wildman–Crippen LogP) is 8.29. The molecular weight excluding hydrogens is 409 g/mol. The summed E-state index contributed by atoms with van der Waals surface area (Å²) < 4.78 is 22.9. The van der Waals surface area contributed by atoms with Crippen LogP contribution in [0.4, 0.5) is 0 Å². The minimum absolute atomic E-state index is 0.284. The molecule has 0 aromatic rings. The van der Waals surface area contributed by atoms with E-state index < -0.39 is 7.82 Å². The van der Waals surface area contributed by atoms with Gasteiger partial charge in [0.25, 0.3) is 0 Å². The fourth-order valence-corrected chi connectivity index (χ4v) is 4.94. The molecule has 0 aliphatic heterocycles. The molecule has 0 spiro atoms. The van der Waals surface area contributed by atoms with Crippen molar-refractivity contribution in [2.24, 2.45) is 5.73 Å². The first-order chi connectivity index (χ1) is 15.1. The van der Waals surface area contributed by atoms with Crippen LogP contribution in [0, 0.1) is 0 Å².